The van der Waals surface area contributed by atoms with E-state index < -0.39 is 28.2 Å². The van der Waals surface area contributed by atoms with Crippen LogP contribution in [0, 0.1) is 15.9 Å². The molecule has 0 saturated carbocycles. The summed E-state index contributed by atoms with van der Waals surface area (Å²) >= 11 is 0. The Labute approximate surface area is 84.5 Å². The van der Waals surface area contributed by atoms with Gasteiger partial charge in [0.2, 0.25) is 0 Å². The van der Waals surface area contributed by atoms with Crippen LogP contribution in [0.4, 0.5) is 10.1 Å². The first-order valence-corrected chi connectivity index (χ1v) is 4.09. The highest BCUT2D eigenvalue weighted by Crippen LogP contribution is 2.30. The van der Waals surface area contributed by atoms with Crippen molar-refractivity contribution in [2.24, 2.45) is 11.5 Å². The molecule has 0 aromatic heterocycles. The van der Waals surface area contributed by atoms with Gasteiger partial charge in [-0.05, 0) is 0 Å². The molecule has 0 aliphatic carbocycles. The molecule has 0 saturated heterocycles. The largest absolute Gasteiger partial charge is 0.505 e. The Morgan fingerprint density at radius 3 is 2.67 bits per heavy atom. The number of phenolic OH excluding ortho intramolecular Hbond substituents is 1. The van der Waals surface area contributed by atoms with Crippen LogP contribution in [-0.4, -0.2) is 16.6 Å². The fourth-order valence-electron chi connectivity index (χ4n) is 1.12. The Kier molecular flexibility index (Phi) is 3.17. The van der Waals surface area contributed by atoms with Gasteiger partial charge in [-0.3, -0.25) is 10.1 Å². The molecule has 0 radical (unpaired) electrons. The SMILES string of the molecule is NC[C@@H](N)c1cc([N+](=O)[O-])cc(F)c1O. The van der Waals surface area contributed by atoms with Crippen LogP contribution in [0.2, 0.25) is 0 Å². The minimum atomic E-state index is -1.08. The third-order valence-electron chi connectivity index (χ3n) is 1.94. The number of nitrogens with two attached hydrogens (primary N) is 2. The quantitative estimate of drug-likeness (QED) is 0.498. The second-order valence-electron chi connectivity index (χ2n) is 2.96. The van der Waals surface area contributed by atoms with Gasteiger partial charge in [0.15, 0.2) is 11.6 Å². The Balaban J connectivity index is 3.31. The first kappa shape index (κ1) is 11.3. The molecule has 5 N–H and O–H groups in total. The van der Waals surface area contributed by atoms with Gasteiger partial charge in [-0.15, -0.1) is 0 Å². The summed E-state index contributed by atoms with van der Waals surface area (Å²) in [5.41, 5.74) is 10.1. The number of non-ortho nitro benzene ring substituents is 1. The normalized spacial score (nSPS) is 12.5. The van der Waals surface area contributed by atoms with Crippen molar-refractivity contribution in [3.05, 3.63) is 33.6 Å². The number of phenols is 1. The number of nitro groups is 1. The molecule has 0 aliphatic heterocycles. The highest BCUT2D eigenvalue weighted by atomic mass is 19.1. The minimum absolute atomic E-state index is 0.0475. The summed E-state index contributed by atoms with van der Waals surface area (Å²) in [7, 11) is 0. The summed E-state index contributed by atoms with van der Waals surface area (Å²) in [5, 5.41) is 19.7. The lowest BCUT2D eigenvalue weighted by molar-refractivity contribution is -0.385. The summed E-state index contributed by atoms with van der Waals surface area (Å²) in [6, 6.07) is 0.803. The van der Waals surface area contributed by atoms with E-state index in [-0.39, 0.29) is 12.1 Å². The van der Waals surface area contributed by atoms with Crippen LogP contribution >= 0.6 is 0 Å². The fraction of sp³-hybridized carbons (Fsp3) is 0.250. The van der Waals surface area contributed by atoms with Crippen LogP contribution in [0.5, 0.6) is 5.75 Å². The molecule has 0 unspecified atom stereocenters. The zero-order valence-electron chi connectivity index (χ0n) is 7.68. The van der Waals surface area contributed by atoms with Crippen molar-refractivity contribution in [2.45, 2.75) is 6.04 Å². The van der Waals surface area contributed by atoms with Crippen LogP contribution in [0.25, 0.3) is 0 Å². The number of nitrogens with zero attached hydrogens (tertiary/aromatic N) is 1. The monoisotopic (exact) mass is 215 g/mol. The third-order valence-corrected chi connectivity index (χ3v) is 1.94. The van der Waals surface area contributed by atoms with Crippen molar-refractivity contribution in [1.82, 2.24) is 0 Å². The average Bonchev–Trinajstić information content (AvgIpc) is 2.20. The van der Waals surface area contributed by atoms with E-state index in [0.29, 0.717) is 6.07 Å². The van der Waals surface area contributed by atoms with Crippen molar-refractivity contribution in [3.8, 4) is 5.75 Å². The molecular formula is C8H10FN3O3. The van der Waals surface area contributed by atoms with E-state index in [9.17, 15) is 19.6 Å². The molecule has 1 atom stereocenters. The molecule has 82 valence electrons. The second kappa shape index (κ2) is 4.20. The standard InChI is InChI=1S/C8H10FN3O3/c9-6-2-4(12(14)15)1-5(8(6)13)7(11)3-10/h1-2,7,13H,3,10-11H2/t7-/m1/s1. The maximum atomic E-state index is 13.0. The van der Waals surface area contributed by atoms with Crippen LogP contribution < -0.4 is 11.5 Å². The summed E-state index contributed by atoms with van der Waals surface area (Å²) in [6.45, 7) is -0.0475. The Morgan fingerprint density at radius 1 is 1.60 bits per heavy atom. The molecule has 0 heterocycles. The Morgan fingerprint density at radius 2 is 2.20 bits per heavy atom. The van der Waals surface area contributed by atoms with E-state index in [2.05, 4.69) is 0 Å². The molecule has 15 heavy (non-hydrogen) atoms. The fourth-order valence-corrected chi connectivity index (χ4v) is 1.12. The minimum Gasteiger partial charge on any atom is -0.505 e. The number of rotatable bonds is 3. The number of benzene rings is 1. The van der Waals surface area contributed by atoms with Crippen LogP contribution in [-0.2, 0) is 0 Å². The Bertz CT molecular complexity index is 397. The number of hydrogen-bond donors (Lipinski definition) is 3. The highest BCUT2D eigenvalue weighted by Gasteiger charge is 2.19. The lowest BCUT2D eigenvalue weighted by Crippen LogP contribution is -2.21. The molecule has 1 aromatic carbocycles. The summed E-state index contributed by atoms with van der Waals surface area (Å²) in [6.07, 6.45) is 0. The van der Waals surface area contributed by atoms with E-state index in [0.717, 1.165) is 6.07 Å². The van der Waals surface area contributed by atoms with E-state index in [1.165, 1.54) is 0 Å². The van der Waals surface area contributed by atoms with Gasteiger partial charge in [0.05, 0.1) is 11.0 Å². The molecule has 7 heteroatoms. The van der Waals surface area contributed by atoms with Gasteiger partial charge in [-0.1, -0.05) is 0 Å². The summed E-state index contributed by atoms with van der Waals surface area (Å²) in [5.74, 6) is -1.78. The van der Waals surface area contributed by atoms with E-state index in [1.54, 1.807) is 0 Å². The van der Waals surface area contributed by atoms with Gasteiger partial charge in [0, 0.05) is 24.2 Å². The summed E-state index contributed by atoms with van der Waals surface area (Å²) in [4.78, 5) is 9.64. The van der Waals surface area contributed by atoms with E-state index in [1.807, 2.05) is 0 Å². The molecule has 0 spiro atoms. The van der Waals surface area contributed by atoms with Crippen LogP contribution in [0.3, 0.4) is 0 Å². The number of hydrogen-bond acceptors (Lipinski definition) is 5. The first-order valence-electron chi connectivity index (χ1n) is 4.09. The van der Waals surface area contributed by atoms with Crippen molar-refractivity contribution < 1.29 is 14.4 Å². The lowest BCUT2D eigenvalue weighted by atomic mass is 10.1. The lowest BCUT2D eigenvalue weighted by Gasteiger charge is -2.11. The maximum Gasteiger partial charge on any atom is 0.272 e. The number of aromatic hydroxyl groups is 1. The van der Waals surface area contributed by atoms with Gasteiger partial charge in [-0.25, -0.2) is 4.39 Å². The molecule has 0 fully saturated rings. The van der Waals surface area contributed by atoms with E-state index in [4.69, 9.17) is 11.5 Å². The molecule has 0 amide bonds. The zero-order chi connectivity index (χ0) is 11.6. The smallest absolute Gasteiger partial charge is 0.272 e. The predicted octanol–water partition coefficient (Wildman–Crippen LogP) is 0.398. The van der Waals surface area contributed by atoms with Crippen LogP contribution in [0.15, 0.2) is 12.1 Å². The molecule has 0 bridgehead atoms. The van der Waals surface area contributed by atoms with Crippen LogP contribution in [0.1, 0.15) is 11.6 Å². The van der Waals surface area contributed by atoms with Crippen molar-refractivity contribution in [3.63, 3.8) is 0 Å². The van der Waals surface area contributed by atoms with Gasteiger partial charge < -0.3 is 16.6 Å². The maximum absolute atomic E-state index is 13.0. The third kappa shape index (κ3) is 2.20. The topological polar surface area (TPSA) is 115 Å². The number of nitro benzene ring substituents is 1. The Hall–Kier alpha value is -1.73. The van der Waals surface area contributed by atoms with Gasteiger partial charge in [0.1, 0.15) is 0 Å². The predicted molar refractivity (Wildman–Crippen MR) is 50.7 cm³/mol. The molecular weight excluding hydrogens is 205 g/mol. The number of halogens is 1. The van der Waals surface area contributed by atoms with Crippen molar-refractivity contribution in [1.29, 1.82) is 0 Å². The highest BCUT2D eigenvalue weighted by molar-refractivity contribution is 5.45. The van der Waals surface area contributed by atoms with Gasteiger partial charge in [0.25, 0.3) is 5.69 Å². The van der Waals surface area contributed by atoms with Crippen molar-refractivity contribution in [2.75, 3.05) is 6.54 Å². The molecule has 6 nitrogen and oxygen atoms in total. The molecule has 1 rings (SSSR count). The van der Waals surface area contributed by atoms with Gasteiger partial charge >= 0.3 is 0 Å². The molecule has 1 aromatic rings. The molecule has 0 aliphatic rings. The average molecular weight is 215 g/mol. The first-order chi connectivity index (χ1) is 6.97. The zero-order valence-corrected chi connectivity index (χ0v) is 7.68. The second-order valence-corrected chi connectivity index (χ2v) is 2.96. The summed E-state index contributed by atoms with van der Waals surface area (Å²) < 4.78 is 13.0. The van der Waals surface area contributed by atoms with Gasteiger partial charge in [-0.2, -0.15) is 0 Å². The van der Waals surface area contributed by atoms with Crippen molar-refractivity contribution >= 4 is 5.69 Å². The van der Waals surface area contributed by atoms with E-state index >= 15 is 0 Å².